The second kappa shape index (κ2) is 5.63. The number of halogens is 1. The van der Waals surface area contributed by atoms with Gasteiger partial charge in [-0.05, 0) is 39.3 Å². The van der Waals surface area contributed by atoms with Gasteiger partial charge in [-0.15, -0.1) is 0 Å². The van der Waals surface area contributed by atoms with Crippen molar-refractivity contribution in [3.63, 3.8) is 0 Å². The van der Waals surface area contributed by atoms with E-state index in [1.54, 1.807) is 0 Å². The first-order valence-corrected chi connectivity index (χ1v) is 7.59. The number of hydrogen-bond donors (Lipinski definition) is 1. The van der Waals surface area contributed by atoms with Gasteiger partial charge in [0.25, 0.3) is 0 Å². The van der Waals surface area contributed by atoms with Crippen molar-refractivity contribution in [3.05, 3.63) is 17.0 Å². The van der Waals surface area contributed by atoms with Gasteiger partial charge in [0, 0.05) is 24.6 Å². The molecule has 1 aromatic heterocycles. The molecule has 1 unspecified atom stereocenters. The number of anilines is 1. The summed E-state index contributed by atoms with van der Waals surface area (Å²) in [5.74, 6) is 2.32. The van der Waals surface area contributed by atoms with E-state index in [0.29, 0.717) is 17.1 Å². The second-order valence-corrected chi connectivity index (χ2v) is 6.11. The Labute approximate surface area is 119 Å². The van der Waals surface area contributed by atoms with Gasteiger partial charge in [-0.3, -0.25) is 0 Å². The molecule has 1 N–H and O–H groups in total. The Bertz CT molecular complexity index is 447. The fourth-order valence-corrected chi connectivity index (χ4v) is 2.86. The summed E-state index contributed by atoms with van der Waals surface area (Å²) in [5, 5.41) is 3.98. The van der Waals surface area contributed by atoms with E-state index in [4.69, 9.17) is 11.6 Å². The van der Waals surface area contributed by atoms with Gasteiger partial charge in [0.15, 0.2) is 0 Å². The van der Waals surface area contributed by atoms with E-state index in [1.165, 1.54) is 38.6 Å². The van der Waals surface area contributed by atoms with Crippen molar-refractivity contribution in [3.8, 4) is 0 Å². The lowest BCUT2D eigenvalue weighted by molar-refractivity contribution is 0.194. The van der Waals surface area contributed by atoms with Crippen LogP contribution in [-0.2, 0) is 0 Å². The van der Waals surface area contributed by atoms with Crippen LogP contribution in [0.5, 0.6) is 0 Å². The molecule has 3 rings (SSSR count). The van der Waals surface area contributed by atoms with Gasteiger partial charge in [-0.1, -0.05) is 18.0 Å². The SMILES string of the molecule is CN1CCCCC1CNc1cc(Cl)nc(C2CC2)n1. The highest BCUT2D eigenvalue weighted by molar-refractivity contribution is 6.29. The Morgan fingerprint density at radius 3 is 2.89 bits per heavy atom. The van der Waals surface area contributed by atoms with Crippen LogP contribution in [0.3, 0.4) is 0 Å². The molecule has 0 spiro atoms. The van der Waals surface area contributed by atoms with Crippen LogP contribution in [0.1, 0.15) is 43.8 Å². The summed E-state index contributed by atoms with van der Waals surface area (Å²) in [6.45, 7) is 2.14. The molecule has 1 atom stereocenters. The van der Waals surface area contributed by atoms with E-state index < -0.39 is 0 Å². The van der Waals surface area contributed by atoms with Crippen molar-refractivity contribution < 1.29 is 0 Å². The van der Waals surface area contributed by atoms with Gasteiger partial charge in [-0.2, -0.15) is 0 Å². The largest absolute Gasteiger partial charge is 0.368 e. The molecule has 4 nitrogen and oxygen atoms in total. The number of rotatable bonds is 4. The topological polar surface area (TPSA) is 41.0 Å². The van der Waals surface area contributed by atoms with E-state index in [-0.39, 0.29) is 0 Å². The number of nitrogens with zero attached hydrogens (tertiary/aromatic N) is 3. The van der Waals surface area contributed by atoms with Crippen molar-refractivity contribution in [1.82, 2.24) is 14.9 Å². The molecule has 0 radical (unpaired) electrons. The van der Waals surface area contributed by atoms with Crippen LogP contribution in [0.15, 0.2) is 6.07 Å². The highest BCUT2D eigenvalue weighted by Crippen LogP contribution is 2.38. The van der Waals surface area contributed by atoms with E-state index in [2.05, 4.69) is 27.2 Å². The normalized spacial score (nSPS) is 24.4. The maximum atomic E-state index is 6.07. The van der Waals surface area contributed by atoms with Gasteiger partial charge >= 0.3 is 0 Å². The average Bonchev–Trinajstić information content (AvgIpc) is 3.21. The van der Waals surface area contributed by atoms with Crippen LogP contribution in [0, 0.1) is 0 Å². The van der Waals surface area contributed by atoms with Gasteiger partial charge in [0.05, 0.1) is 0 Å². The molecule has 2 fully saturated rings. The van der Waals surface area contributed by atoms with Gasteiger partial charge in [0.1, 0.15) is 16.8 Å². The molecule has 1 aliphatic heterocycles. The zero-order valence-electron chi connectivity index (χ0n) is 11.4. The minimum absolute atomic E-state index is 0.539. The lowest BCUT2D eigenvalue weighted by atomic mass is 10.0. The molecule has 1 aromatic rings. The van der Waals surface area contributed by atoms with Crippen LogP contribution in [0.25, 0.3) is 0 Å². The standard InChI is InChI=1S/C14H21ClN4/c1-19-7-3-2-4-11(19)9-16-13-8-12(15)17-14(18-13)10-5-6-10/h8,10-11H,2-7,9H2,1H3,(H,16,17,18). The highest BCUT2D eigenvalue weighted by Gasteiger charge is 2.27. The molecule has 1 saturated carbocycles. The summed E-state index contributed by atoms with van der Waals surface area (Å²) in [5.41, 5.74) is 0. The second-order valence-electron chi connectivity index (χ2n) is 5.72. The molecule has 19 heavy (non-hydrogen) atoms. The molecule has 0 bridgehead atoms. The van der Waals surface area contributed by atoms with Gasteiger partial charge in [0.2, 0.25) is 0 Å². The highest BCUT2D eigenvalue weighted by atomic mass is 35.5. The molecule has 5 heteroatoms. The summed E-state index contributed by atoms with van der Waals surface area (Å²) in [6, 6.07) is 2.43. The van der Waals surface area contributed by atoms with Gasteiger partial charge in [-0.25, -0.2) is 9.97 Å². The van der Waals surface area contributed by atoms with E-state index in [0.717, 1.165) is 18.2 Å². The Morgan fingerprint density at radius 1 is 1.32 bits per heavy atom. The summed E-state index contributed by atoms with van der Waals surface area (Å²) in [6.07, 6.45) is 6.31. The molecule has 0 amide bonds. The molecule has 2 heterocycles. The van der Waals surface area contributed by atoms with Crippen LogP contribution in [-0.4, -0.2) is 41.0 Å². The number of hydrogen-bond acceptors (Lipinski definition) is 4. The lowest BCUT2D eigenvalue weighted by Gasteiger charge is -2.32. The van der Waals surface area contributed by atoms with Crippen LogP contribution < -0.4 is 5.32 Å². The third-order valence-electron chi connectivity index (χ3n) is 4.10. The van der Waals surface area contributed by atoms with E-state index in [1.807, 2.05) is 6.07 Å². The third-order valence-corrected chi connectivity index (χ3v) is 4.29. The molecule has 1 saturated heterocycles. The molecule has 104 valence electrons. The number of likely N-dealkylation sites (N-methyl/N-ethyl adjacent to an activating group) is 1. The molecular weight excluding hydrogens is 260 g/mol. The fourth-order valence-electron chi connectivity index (χ4n) is 2.67. The Hall–Kier alpha value is -0.870. The minimum Gasteiger partial charge on any atom is -0.368 e. The first kappa shape index (κ1) is 13.1. The Morgan fingerprint density at radius 2 is 2.16 bits per heavy atom. The number of aromatic nitrogens is 2. The monoisotopic (exact) mass is 280 g/mol. The lowest BCUT2D eigenvalue weighted by Crippen LogP contribution is -2.40. The van der Waals surface area contributed by atoms with Crippen molar-refractivity contribution in [2.45, 2.75) is 44.1 Å². The summed E-state index contributed by atoms with van der Waals surface area (Å²) in [7, 11) is 2.20. The van der Waals surface area contributed by atoms with Crippen molar-refractivity contribution in [2.24, 2.45) is 0 Å². The Balaban J connectivity index is 1.62. The number of piperidine rings is 1. The maximum absolute atomic E-state index is 6.07. The van der Waals surface area contributed by atoms with Crippen LogP contribution >= 0.6 is 11.6 Å². The first-order valence-electron chi connectivity index (χ1n) is 7.21. The zero-order valence-corrected chi connectivity index (χ0v) is 12.2. The third kappa shape index (κ3) is 3.37. The zero-order chi connectivity index (χ0) is 13.2. The number of nitrogens with one attached hydrogen (secondary N) is 1. The smallest absolute Gasteiger partial charge is 0.135 e. The molecule has 1 aliphatic carbocycles. The van der Waals surface area contributed by atoms with Crippen LogP contribution in [0.4, 0.5) is 5.82 Å². The quantitative estimate of drug-likeness (QED) is 0.861. The van der Waals surface area contributed by atoms with E-state index >= 15 is 0 Å². The minimum atomic E-state index is 0.539. The predicted octanol–water partition coefficient (Wildman–Crippen LogP) is 2.90. The van der Waals surface area contributed by atoms with Crippen molar-refractivity contribution in [1.29, 1.82) is 0 Å². The average molecular weight is 281 g/mol. The predicted molar refractivity (Wildman–Crippen MR) is 77.8 cm³/mol. The van der Waals surface area contributed by atoms with Gasteiger partial charge < -0.3 is 10.2 Å². The Kier molecular flexibility index (Phi) is 3.89. The summed E-state index contributed by atoms with van der Waals surface area (Å²) < 4.78 is 0. The summed E-state index contributed by atoms with van der Waals surface area (Å²) >= 11 is 6.07. The molecule has 2 aliphatic rings. The molecule has 0 aromatic carbocycles. The van der Waals surface area contributed by atoms with Crippen molar-refractivity contribution in [2.75, 3.05) is 25.5 Å². The first-order chi connectivity index (χ1) is 9.22. The van der Waals surface area contributed by atoms with E-state index in [9.17, 15) is 0 Å². The molecular formula is C14H21ClN4. The van der Waals surface area contributed by atoms with Crippen molar-refractivity contribution >= 4 is 17.4 Å². The maximum Gasteiger partial charge on any atom is 0.135 e. The van der Waals surface area contributed by atoms with Crippen LogP contribution in [0.2, 0.25) is 5.15 Å². The fraction of sp³-hybridized carbons (Fsp3) is 0.714. The summed E-state index contributed by atoms with van der Waals surface area (Å²) in [4.78, 5) is 11.3. The number of likely N-dealkylation sites (tertiary alicyclic amines) is 1.